The van der Waals surface area contributed by atoms with Crippen LogP contribution in [-0.2, 0) is 0 Å². The van der Waals surface area contributed by atoms with Gasteiger partial charge in [0.2, 0.25) is 0 Å². The molecule has 0 N–H and O–H groups in total. The molecular formula is C12H10ClF2NO. The van der Waals surface area contributed by atoms with E-state index < -0.39 is 33.9 Å². The van der Waals surface area contributed by atoms with Crippen molar-refractivity contribution < 1.29 is 13.6 Å². The Kier molecular flexibility index (Phi) is 4.19. The maximum absolute atomic E-state index is 13.5. The van der Waals surface area contributed by atoms with Crippen LogP contribution in [0.2, 0.25) is 5.02 Å². The molecular weight excluding hydrogens is 248 g/mol. The van der Waals surface area contributed by atoms with Gasteiger partial charge in [0.25, 0.3) is 0 Å². The van der Waals surface area contributed by atoms with Crippen LogP contribution >= 0.6 is 11.6 Å². The van der Waals surface area contributed by atoms with E-state index >= 15 is 0 Å². The number of rotatable bonds is 3. The minimum Gasteiger partial charge on any atom is -0.293 e. The van der Waals surface area contributed by atoms with Crippen molar-refractivity contribution in [2.24, 2.45) is 11.8 Å². The number of hydrogen-bond donors (Lipinski definition) is 0. The molecule has 1 atom stereocenters. The lowest BCUT2D eigenvalue weighted by Gasteiger charge is -2.12. The summed E-state index contributed by atoms with van der Waals surface area (Å²) in [7, 11) is 0. The Morgan fingerprint density at radius 3 is 2.41 bits per heavy atom. The Labute approximate surface area is 103 Å². The third-order valence-corrected chi connectivity index (χ3v) is 2.65. The number of ketones is 1. The van der Waals surface area contributed by atoms with Crippen molar-refractivity contribution in [1.29, 1.82) is 5.26 Å². The van der Waals surface area contributed by atoms with Crippen LogP contribution in [0, 0.1) is 34.8 Å². The summed E-state index contributed by atoms with van der Waals surface area (Å²) in [5.41, 5.74) is -0.438. The quantitative estimate of drug-likeness (QED) is 0.613. The number of Topliss-reactive ketones (excluding diaryl/α,β-unsaturated/α-hetero) is 1. The molecule has 1 unspecified atom stereocenters. The molecule has 0 saturated carbocycles. The highest BCUT2D eigenvalue weighted by Gasteiger charge is 2.26. The lowest BCUT2D eigenvalue weighted by molar-refractivity contribution is 0.0920. The molecule has 0 heterocycles. The summed E-state index contributed by atoms with van der Waals surface area (Å²) in [5.74, 6) is -3.79. The second-order valence-corrected chi connectivity index (χ2v) is 4.37. The van der Waals surface area contributed by atoms with E-state index in [-0.39, 0.29) is 5.92 Å². The average molecular weight is 258 g/mol. The molecule has 5 heteroatoms. The molecule has 0 fully saturated rings. The summed E-state index contributed by atoms with van der Waals surface area (Å²) in [6.45, 7) is 3.33. The van der Waals surface area contributed by atoms with Gasteiger partial charge in [-0.05, 0) is 18.1 Å². The standard InChI is InChI=1S/C12H10ClF2NO/c1-6(2)8(5-16)12(17)7-3-11(15)9(13)4-10(7)14/h3-4,6,8H,1-2H3. The van der Waals surface area contributed by atoms with E-state index in [1.54, 1.807) is 19.9 Å². The lowest BCUT2D eigenvalue weighted by atomic mass is 9.89. The molecule has 2 nitrogen and oxygen atoms in total. The molecule has 0 aromatic heterocycles. The van der Waals surface area contributed by atoms with Gasteiger partial charge in [0.1, 0.15) is 17.6 Å². The number of benzene rings is 1. The van der Waals surface area contributed by atoms with E-state index in [0.717, 1.165) is 12.1 Å². The predicted octanol–water partition coefficient (Wildman–Crippen LogP) is 3.60. The van der Waals surface area contributed by atoms with Gasteiger partial charge in [0.05, 0.1) is 16.7 Å². The van der Waals surface area contributed by atoms with E-state index in [9.17, 15) is 13.6 Å². The van der Waals surface area contributed by atoms with E-state index in [0.29, 0.717) is 0 Å². The fourth-order valence-electron chi connectivity index (χ4n) is 1.39. The first-order valence-corrected chi connectivity index (χ1v) is 5.34. The van der Waals surface area contributed by atoms with Gasteiger partial charge >= 0.3 is 0 Å². The zero-order valence-corrected chi connectivity index (χ0v) is 10.1. The molecule has 0 radical (unpaired) electrons. The number of nitriles is 1. The van der Waals surface area contributed by atoms with E-state index in [2.05, 4.69) is 0 Å². The maximum atomic E-state index is 13.5. The number of carbonyl (C=O) groups excluding carboxylic acids is 1. The molecule has 0 spiro atoms. The number of nitrogens with zero attached hydrogens (tertiary/aromatic N) is 1. The number of carbonyl (C=O) groups is 1. The van der Waals surface area contributed by atoms with Crippen LogP contribution in [-0.4, -0.2) is 5.78 Å². The monoisotopic (exact) mass is 257 g/mol. The van der Waals surface area contributed by atoms with Gasteiger partial charge in [0.15, 0.2) is 5.78 Å². The Morgan fingerprint density at radius 2 is 1.94 bits per heavy atom. The van der Waals surface area contributed by atoms with Crippen LogP contribution in [0.3, 0.4) is 0 Å². The SMILES string of the molecule is CC(C)C(C#N)C(=O)c1cc(F)c(Cl)cc1F. The lowest BCUT2D eigenvalue weighted by Crippen LogP contribution is -2.20. The fourth-order valence-corrected chi connectivity index (χ4v) is 1.54. The second-order valence-electron chi connectivity index (χ2n) is 3.96. The van der Waals surface area contributed by atoms with Crippen molar-refractivity contribution in [3.63, 3.8) is 0 Å². The van der Waals surface area contributed by atoms with Gasteiger partial charge in [-0.15, -0.1) is 0 Å². The van der Waals surface area contributed by atoms with Crippen molar-refractivity contribution in [3.8, 4) is 6.07 Å². The highest BCUT2D eigenvalue weighted by Crippen LogP contribution is 2.23. The van der Waals surface area contributed by atoms with Gasteiger partial charge < -0.3 is 0 Å². The molecule has 1 aromatic carbocycles. The highest BCUT2D eigenvalue weighted by atomic mass is 35.5. The van der Waals surface area contributed by atoms with Crippen molar-refractivity contribution in [3.05, 3.63) is 34.4 Å². The van der Waals surface area contributed by atoms with Crippen molar-refractivity contribution >= 4 is 17.4 Å². The zero-order chi connectivity index (χ0) is 13.2. The average Bonchev–Trinajstić information content (AvgIpc) is 2.23. The van der Waals surface area contributed by atoms with E-state index in [4.69, 9.17) is 16.9 Å². The maximum Gasteiger partial charge on any atom is 0.183 e. The van der Waals surface area contributed by atoms with Crippen LogP contribution in [0.4, 0.5) is 8.78 Å². The van der Waals surface area contributed by atoms with Gasteiger partial charge in [0, 0.05) is 0 Å². The summed E-state index contributed by atoms with van der Waals surface area (Å²) in [6, 6.07) is 3.25. The molecule has 1 rings (SSSR count). The summed E-state index contributed by atoms with van der Waals surface area (Å²) in [6.07, 6.45) is 0. The second kappa shape index (κ2) is 5.24. The van der Waals surface area contributed by atoms with Gasteiger partial charge in [-0.2, -0.15) is 5.26 Å². The fraction of sp³-hybridized carbons (Fsp3) is 0.333. The zero-order valence-electron chi connectivity index (χ0n) is 9.30. The van der Waals surface area contributed by atoms with Gasteiger partial charge in [-0.25, -0.2) is 8.78 Å². The summed E-state index contributed by atoms with van der Waals surface area (Å²) < 4.78 is 26.6. The molecule has 17 heavy (non-hydrogen) atoms. The van der Waals surface area contributed by atoms with Crippen LogP contribution < -0.4 is 0 Å². The Bertz CT molecular complexity index is 494. The topological polar surface area (TPSA) is 40.9 Å². The third kappa shape index (κ3) is 2.80. The van der Waals surface area contributed by atoms with Crippen LogP contribution in [0.25, 0.3) is 0 Å². The van der Waals surface area contributed by atoms with E-state index in [1.807, 2.05) is 0 Å². The van der Waals surface area contributed by atoms with Gasteiger partial charge in [-0.3, -0.25) is 4.79 Å². The molecule has 0 amide bonds. The van der Waals surface area contributed by atoms with Crippen LogP contribution in [0.5, 0.6) is 0 Å². The molecule has 0 aliphatic carbocycles. The van der Waals surface area contributed by atoms with Crippen molar-refractivity contribution in [2.45, 2.75) is 13.8 Å². The molecule has 0 bridgehead atoms. The normalized spacial score (nSPS) is 12.3. The van der Waals surface area contributed by atoms with Crippen molar-refractivity contribution in [1.82, 2.24) is 0 Å². The first-order chi connectivity index (χ1) is 7.88. The number of halogens is 3. The van der Waals surface area contributed by atoms with Crippen LogP contribution in [0.1, 0.15) is 24.2 Å². The summed E-state index contributed by atoms with van der Waals surface area (Å²) in [4.78, 5) is 11.8. The molecule has 0 aliphatic heterocycles. The molecule has 90 valence electrons. The van der Waals surface area contributed by atoms with Gasteiger partial charge in [-0.1, -0.05) is 25.4 Å². The first-order valence-electron chi connectivity index (χ1n) is 4.96. The predicted molar refractivity (Wildman–Crippen MR) is 59.6 cm³/mol. The molecule has 0 saturated heterocycles. The number of hydrogen-bond acceptors (Lipinski definition) is 2. The summed E-state index contributed by atoms with van der Waals surface area (Å²) >= 11 is 5.38. The van der Waals surface area contributed by atoms with Crippen LogP contribution in [0.15, 0.2) is 12.1 Å². The Morgan fingerprint density at radius 1 is 1.35 bits per heavy atom. The molecule has 1 aromatic rings. The third-order valence-electron chi connectivity index (χ3n) is 2.36. The molecule has 0 aliphatic rings. The summed E-state index contributed by atoms with van der Waals surface area (Å²) in [5, 5.41) is 8.44. The van der Waals surface area contributed by atoms with Crippen molar-refractivity contribution in [2.75, 3.05) is 0 Å². The van der Waals surface area contributed by atoms with E-state index in [1.165, 1.54) is 0 Å². The Balaban J connectivity index is 3.22. The minimum absolute atomic E-state index is 0.273. The first kappa shape index (κ1) is 13.6. The smallest absolute Gasteiger partial charge is 0.183 e. The minimum atomic E-state index is -0.995. The Hall–Kier alpha value is -1.47. The highest BCUT2D eigenvalue weighted by molar-refractivity contribution is 6.30. The largest absolute Gasteiger partial charge is 0.293 e.